The Kier molecular flexibility index (Phi) is 5.05. The molecule has 0 radical (unpaired) electrons. The van der Waals surface area contributed by atoms with Crippen molar-refractivity contribution < 1.29 is 9.59 Å². The number of hydrogen-bond acceptors (Lipinski definition) is 5. The van der Waals surface area contributed by atoms with Crippen molar-refractivity contribution >= 4 is 28.4 Å². The van der Waals surface area contributed by atoms with E-state index in [1.54, 1.807) is 19.3 Å². The largest absolute Gasteiger partial charge is 0.368 e. The Morgan fingerprint density at radius 1 is 0.966 bits per heavy atom. The van der Waals surface area contributed by atoms with Crippen LogP contribution in [-0.4, -0.2) is 57.5 Å². The standard InChI is InChI=1S/C22H25N5O2/c1-15(2)27-21-18(14-24-27)12-19(13-23-21)22(29)26-10-8-25(9-11-26)20-6-4-17(5-7-20)16(3)28/h4-7,12-15H,8-11H2,1-3H3. The molecule has 0 N–H and O–H groups in total. The van der Waals surface area contributed by atoms with Gasteiger partial charge < -0.3 is 9.80 Å². The minimum Gasteiger partial charge on any atom is -0.368 e. The molecule has 29 heavy (non-hydrogen) atoms. The Labute approximate surface area is 169 Å². The Hall–Kier alpha value is -3.22. The first-order chi connectivity index (χ1) is 13.9. The number of pyridine rings is 1. The van der Waals surface area contributed by atoms with Crippen LogP contribution in [0.5, 0.6) is 0 Å². The summed E-state index contributed by atoms with van der Waals surface area (Å²) in [5.41, 5.74) is 3.19. The number of anilines is 1. The summed E-state index contributed by atoms with van der Waals surface area (Å²) in [6.07, 6.45) is 3.42. The number of piperazine rings is 1. The molecule has 0 unspecified atom stereocenters. The lowest BCUT2D eigenvalue weighted by Gasteiger charge is -2.36. The third-order valence-electron chi connectivity index (χ3n) is 5.38. The molecule has 0 atom stereocenters. The Morgan fingerprint density at radius 3 is 2.28 bits per heavy atom. The molecular weight excluding hydrogens is 366 g/mol. The van der Waals surface area contributed by atoms with E-state index in [4.69, 9.17) is 0 Å². The van der Waals surface area contributed by atoms with Gasteiger partial charge in [0.05, 0.1) is 11.8 Å². The van der Waals surface area contributed by atoms with Crippen molar-refractivity contribution in [3.8, 4) is 0 Å². The van der Waals surface area contributed by atoms with Gasteiger partial charge in [0.2, 0.25) is 0 Å². The van der Waals surface area contributed by atoms with Crippen molar-refractivity contribution in [2.75, 3.05) is 31.1 Å². The number of Topliss-reactive ketones (excluding diaryl/α,β-unsaturated/α-hetero) is 1. The quantitative estimate of drug-likeness (QED) is 0.639. The summed E-state index contributed by atoms with van der Waals surface area (Å²) in [5.74, 6) is 0.0692. The van der Waals surface area contributed by atoms with Gasteiger partial charge in [-0.05, 0) is 51.1 Å². The summed E-state index contributed by atoms with van der Waals surface area (Å²) in [4.78, 5) is 33.0. The Bertz CT molecular complexity index is 1050. The number of rotatable bonds is 4. The van der Waals surface area contributed by atoms with E-state index < -0.39 is 0 Å². The number of amides is 1. The fourth-order valence-electron chi connectivity index (χ4n) is 3.69. The number of nitrogens with zero attached hydrogens (tertiary/aromatic N) is 5. The molecule has 1 fully saturated rings. The van der Waals surface area contributed by atoms with Crippen molar-refractivity contribution in [1.29, 1.82) is 0 Å². The molecule has 150 valence electrons. The monoisotopic (exact) mass is 391 g/mol. The van der Waals surface area contributed by atoms with E-state index in [9.17, 15) is 9.59 Å². The highest BCUT2D eigenvalue weighted by Gasteiger charge is 2.23. The lowest BCUT2D eigenvalue weighted by molar-refractivity contribution is 0.0746. The maximum absolute atomic E-state index is 12.9. The highest BCUT2D eigenvalue weighted by molar-refractivity contribution is 5.97. The molecule has 1 aliphatic rings. The van der Waals surface area contributed by atoms with Crippen LogP contribution in [0.2, 0.25) is 0 Å². The van der Waals surface area contributed by atoms with Gasteiger partial charge in [-0.1, -0.05) is 0 Å². The van der Waals surface area contributed by atoms with Gasteiger partial charge in [0.1, 0.15) is 0 Å². The molecule has 4 rings (SSSR count). The van der Waals surface area contributed by atoms with Crippen LogP contribution in [0.15, 0.2) is 42.7 Å². The van der Waals surface area contributed by atoms with Crippen molar-refractivity contribution in [2.24, 2.45) is 0 Å². The Morgan fingerprint density at radius 2 is 1.66 bits per heavy atom. The predicted octanol–water partition coefficient (Wildman–Crippen LogP) is 3.18. The molecule has 1 aromatic carbocycles. The maximum Gasteiger partial charge on any atom is 0.255 e. The second-order valence-corrected chi connectivity index (χ2v) is 7.70. The minimum atomic E-state index is 0.00303. The van der Waals surface area contributed by atoms with Crippen LogP contribution in [0.1, 0.15) is 47.5 Å². The van der Waals surface area contributed by atoms with Gasteiger partial charge in [-0.15, -0.1) is 0 Å². The van der Waals surface area contributed by atoms with Gasteiger partial charge in [-0.3, -0.25) is 9.59 Å². The molecule has 0 saturated carbocycles. The molecule has 7 nitrogen and oxygen atoms in total. The van der Waals surface area contributed by atoms with Crippen LogP contribution in [0.3, 0.4) is 0 Å². The van der Waals surface area contributed by atoms with Crippen LogP contribution in [0.4, 0.5) is 5.69 Å². The van der Waals surface area contributed by atoms with Gasteiger partial charge in [-0.2, -0.15) is 5.10 Å². The van der Waals surface area contributed by atoms with Crippen molar-refractivity contribution in [3.63, 3.8) is 0 Å². The van der Waals surface area contributed by atoms with E-state index in [2.05, 4.69) is 28.8 Å². The summed E-state index contributed by atoms with van der Waals surface area (Å²) in [7, 11) is 0. The number of carbonyl (C=O) groups is 2. The first kappa shape index (κ1) is 19.1. The van der Waals surface area contributed by atoms with Crippen molar-refractivity contribution in [3.05, 3.63) is 53.9 Å². The van der Waals surface area contributed by atoms with Gasteiger partial charge in [0.15, 0.2) is 11.4 Å². The van der Waals surface area contributed by atoms with E-state index in [-0.39, 0.29) is 17.7 Å². The van der Waals surface area contributed by atoms with E-state index in [0.29, 0.717) is 24.2 Å². The molecule has 3 heterocycles. The van der Waals surface area contributed by atoms with Crippen molar-refractivity contribution in [2.45, 2.75) is 26.8 Å². The number of aromatic nitrogens is 3. The molecule has 1 saturated heterocycles. The van der Waals surface area contributed by atoms with E-state index in [0.717, 1.165) is 29.8 Å². The van der Waals surface area contributed by atoms with Crippen LogP contribution in [0, 0.1) is 0 Å². The zero-order valence-corrected chi connectivity index (χ0v) is 17.0. The SMILES string of the molecule is CC(=O)c1ccc(N2CCN(C(=O)c3cnc4c(cnn4C(C)C)c3)CC2)cc1. The molecule has 0 bridgehead atoms. The summed E-state index contributed by atoms with van der Waals surface area (Å²) in [5, 5.41) is 5.25. The summed E-state index contributed by atoms with van der Waals surface area (Å²) < 4.78 is 1.86. The molecular formula is C22H25N5O2. The maximum atomic E-state index is 12.9. The van der Waals surface area contributed by atoms with Crippen LogP contribution in [0.25, 0.3) is 11.0 Å². The fourth-order valence-corrected chi connectivity index (χ4v) is 3.69. The summed E-state index contributed by atoms with van der Waals surface area (Å²) >= 11 is 0. The van der Waals surface area contributed by atoms with Gasteiger partial charge in [0.25, 0.3) is 5.91 Å². The minimum absolute atomic E-state index is 0.00303. The second-order valence-electron chi connectivity index (χ2n) is 7.70. The fraction of sp³-hybridized carbons (Fsp3) is 0.364. The number of hydrogen-bond donors (Lipinski definition) is 0. The van der Waals surface area contributed by atoms with Gasteiger partial charge >= 0.3 is 0 Å². The van der Waals surface area contributed by atoms with Gasteiger partial charge in [-0.25, -0.2) is 9.67 Å². The topological polar surface area (TPSA) is 71.3 Å². The van der Waals surface area contributed by atoms with E-state index in [1.807, 2.05) is 39.9 Å². The third-order valence-corrected chi connectivity index (χ3v) is 5.38. The molecule has 1 aliphatic heterocycles. The van der Waals surface area contributed by atoms with E-state index in [1.165, 1.54) is 0 Å². The number of fused-ring (bicyclic) bond motifs is 1. The normalized spacial score (nSPS) is 14.6. The first-order valence-corrected chi connectivity index (χ1v) is 9.92. The summed E-state index contributed by atoms with van der Waals surface area (Å²) in [6, 6.07) is 9.75. The number of ketones is 1. The van der Waals surface area contributed by atoms with Gasteiger partial charge in [0, 0.05) is 55.1 Å². The zero-order chi connectivity index (χ0) is 20.5. The second kappa shape index (κ2) is 7.66. The first-order valence-electron chi connectivity index (χ1n) is 9.92. The smallest absolute Gasteiger partial charge is 0.255 e. The van der Waals surface area contributed by atoms with Crippen molar-refractivity contribution in [1.82, 2.24) is 19.7 Å². The highest BCUT2D eigenvalue weighted by Crippen LogP contribution is 2.20. The molecule has 7 heteroatoms. The average Bonchev–Trinajstić information content (AvgIpc) is 3.17. The molecule has 2 aromatic heterocycles. The summed E-state index contributed by atoms with van der Waals surface area (Å²) in [6.45, 7) is 8.49. The van der Waals surface area contributed by atoms with E-state index >= 15 is 0 Å². The Balaban J connectivity index is 1.43. The highest BCUT2D eigenvalue weighted by atomic mass is 16.2. The van der Waals surface area contributed by atoms with Crippen LogP contribution < -0.4 is 4.90 Å². The zero-order valence-electron chi connectivity index (χ0n) is 17.0. The number of carbonyl (C=O) groups excluding carboxylic acids is 2. The lowest BCUT2D eigenvalue weighted by atomic mass is 10.1. The predicted molar refractivity (Wildman–Crippen MR) is 112 cm³/mol. The molecule has 0 aliphatic carbocycles. The third kappa shape index (κ3) is 3.72. The average molecular weight is 391 g/mol. The number of benzene rings is 1. The lowest BCUT2D eigenvalue weighted by Crippen LogP contribution is -2.48. The molecule has 1 amide bonds. The van der Waals surface area contributed by atoms with Crippen LogP contribution >= 0.6 is 0 Å². The molecule has 3 aromatic rings. The van der Waals surface area contributed by atoms with Crippen LogP contribution in [-0.2, 0) is 0 Å². The molecule has 0 spiro atoms.